The van der Waals surface area contributed by atoms with Gasteiger partial charge < -0.3 is 4.90 Å². The third-order valence-corrected chi connectivity index (χ3v) is 7.42. The van der Waals surface area contributed by atoms with Crippen LogP contribution in [0.15, 0.2) is 39.6 Å². The molecule has 1 amide bonds. The highest BCUT2D eigenvalue weighted by molar-refractivity contribution is 7.15. The zero-order chi connectivity index (χ0) is 21.4. The zero-order valence-corrected chi connectivity index (χ0v) is 18.8. The number of carbonyl (C=O) groups excluding carboxylic acids is 1. The number of nitrogens with zero attached hydrogens (tertiary/aromatic N) is 4. The van der Waals surface area contributed by atoms with E-state index in [-0.39, 0.29) is 33.2 Å². The van der Waals surface area contributed by atoms with Crippen molar-refractivity contribution >= 4 is 56.7 Å². The number of likely N-dealkylation sites (N-methyl/N-ethyl adjacent to an activating group) is 1. The topological polar surface area (TPSA) is 67.6 Å². The molecule has 0 saturated heterocycles. The van der Waals surface area contributed by atoms with E-state index in [2.05, 4.69) is 23.9 Å². The summed E-state index contributed by atoms with van der Waals surface area (Å²) in [7, 11) is 0. The third kappa shape index (κ3) is 2.69. The largest absolute Gasteiger partial charge is 0.308 e. The number of aromatic nitrogens is 3. The summed E-state index contributed by atoms with van der Waals surface area (Å²) in [4.78, 5) is 33.0. The van der Waals surface area contributed by atoms with Gasteiger partial charge in [0.2, 0.25) is 4.96 Å². The number of halogens is 2. The van der Waals surface area contributed by atoms with Crippen molar-refractivity contribution in [1.29, 1.82) is 0 Å². The third-order valence-electron chi connectivity index (χ3n) is 6.13. The van der Waals surface area contributed by atoms with E-state index in [4.69, 9.17) is 23.2 Å². The number of amides is 1. The van der Waals surface area contributed by atoms with E-state index in [0.29, 0.717) is 27.4 Å². The Morgan fingerprint density at radius 2 is 2.00 bits per heavy atom. The number of rotatable bonds is 3. The van der Waals surface area contributed by atoms with Crippen molar-refractivity contribution in [3.63, 3.8) is 0 Å². The molecule has 3 heterocycles. The van der Waals surface area contributed by atoms with Crippen LogP contribution in [0.2, 0.25) is 0 Å². The lowest BCUT2D eigenvalue weighted by Gasteiger charge is -2.13. The summed E-state index contributed by atoms with van der Waals surface area (Å²) in [6, 6.07) is 7.53. The van der Waals surface area contributed by atoms with E-state index < -0.39 is 0 Å². The average Bonchev–Trinajstić information content (AvgIpc) is 3.03. The van der Waals surface area contributed by atoms with Crippen molar-refractivity contribution in [2.75, 3.05) is 11.4 Å². The highest BCUT2D eigenvalue weighted by atomic mass is 35.5. The first-order valence-corrected chi connectivity index (χ1v) is 11.2. The Kier molecular flexibility index (Phi) is 4.36. The number of allylic oxidation sites excluding steroid dienone is 1. The molecule has 9 heteroatoms. The molecule has 2 aromatic heterocycles. The number of hydrogen-bond acceptors (Lipinski definition) is 5. The first kappa shape index (κ1) is 19.7. The van der Waals surface area contributed by atoms with Gasteiger partial charge in [0.15, 0.2) is 5.82 Å². The summed E-state index contributed by atoms with van der Waals surface area (Å²) in [5.41, 5.74) is 1.63. The van der Waals surface area contributed by atoms with Gasteiger partial charge in [-0.2, -0.15) is 4.52 Å². The minimum atomic E-state index is -0.314. The first-order chi connectivity index (χ1) is 14.3. The summed E-state index contributed by atoms with van der Waals surface area (Å²) >= 11 is 12.9. The summed E-state index contributed by atoms with van der Waals surface area (Å²) in [5, 5.41) is 4.49. The summed E-state index contributed by atoms with van der Waals surface area (Å²) < 4.78 is 1.91. The average molecular weight is 461 g/mol. The summed E-state index contributed by atoms with van der Waals surface area (Å²) in [6.07, 6.45) is 1.80. The van der Waals surface area contributed by atoms with Gasteiger partial charge in [0.05, 0.1) is 11.3 Å². The molecule has 0 bridgehead atoms. The van der Waals surface area contributed by atoms with Crippen LogP contribution in [-0.4, -0.2) is 27.0 Å². The van der Waals surface area contributed by atoms with Crippen molar-refractivity contribution in [3.05, 3.63) is 61.1 Å². The fourth-order valence-electron chi connectivity index (χ4n) is 4.46. The van der Waals surface area contributed by atoms with Crippen molar-refractivity contribution < 1.29 is 4.79 Å². The number of fused-ring (bicyclic) bond motifs is 2. The molecule has 2 unspecified atom stereocenters. The Labute approximate surface area is 186 Å². The number of carbonyl (C=O) groups is 1. The minimum Gasteiger partial charge on any atom is -0.308 e. The van der Waals surface area contributed by atoms with Crippen LogP contribution in [0.4, 0.5) is 5.69 Å². The smallest absolute Gasteiger partial charge is 0.291 e. The van der Waals surface area contributed by atoms with Crippen molar-refractivity contribution in [2.24, 2.45) is 11.3 Å². The van der Waals surface area contributed by atoms with E-state index in [9.17, 15) is 9.59 Å². The van der Waals surface area contributed by atoms with E-state index in [1.165, 1.54) is 15.9 Å². The lowest BCUT2D eigenvalue weighted by Crippen LogP contribution is -2.32. The Morgan fingerprint density at radius 1 is 1.27 bits per heavy atom. The maximum absolute atomic E-state index is 13.2. The second-order valence-corrected chi connectivity index (χ2v) is 10.1. The Balaban J connectivity index is 1.65. The molecule has 3 aromatic rings. The Bertz CT molecular complexity index is 1350. The SMILES string of the molecule is CCN1C(=O)/C(=c2\sc3nc(C4C(C=C(Cl)Cl)C4(C)C)nn3c2=O)c2ccccc21. The maximum atomic E-state index is 13.2. The summed E-state index contributed by atoms with van der Waals surface area (Å²) in [6.45, 7) is 6.64. The molecule has 2 aliphatic rings. The molecule has 1 aliphatic heterocycles. The highest BCUT2D eigenvalue weighted by Gasteiger charge is 2.59. The molecule has 6 nitrogen and oxygen atoms in total. The number of anilines is 1. The number of hydrogen-bond donors (Lipinski definition) is 0. The lowest BCUT2D eigenvalue weighted by molar-refractivity contribution is -0.113. The van der Waals surface area contributed by atoms with Gasteiger partial charge in [0.1, 0.15) is 9.02 Å². The van der Waals surface area contributed by atoms with Crippen molar-refractivity contribution in [3.8, 4) is 0 Å². The molecule has 30 heavy (non-hydrogen) atoms. The molecule has 1 saturated carbocycles. The van der Waals surface area contributed by atoms with Crippen LogP contribution >= 0.6 is 34.5 Å². The van der Waals surface area contributed by atoms with Crippen LogP contribution in [0, 0.1) is 11.3 Å². The number of para-hydroxylation sites is 1. The second-order valence-electron chi connectivity index (χ2n) is 8.12. The molecule has 1 aromatic carbocycles. The quantitative estimate of drug-likeness (QED) is 0.599. The van der Waals surface area contributed by atoms with Gasteiger partial charge in [-0.15, -0.1) is 5.10 Å². The maximum Gasteiger partial charge on any atom is 0.291 e. The van der Waals surface area contributed by atoms with Crippen LogP contribution in [-0.2, 0) is 4.79 Å². The molecule has 1 fully saturated rings. The Morgan fingerprint density at radius 3 is 2.67 bits per heavy atom. The predicted molar refractivity (Wildman–Crippen MR) is 119 cm³/mol. The second kappa shape index (κ2) is 6.64. The van der Waals surface area contributed by atoms with Crippen LogP contribution in [0.3, 0.4) is 0 Å². The van der Waals surface area contributed by atoms with Gasteiger partial charge in [-0.3, -0.25) is 9.59 Å². The molecule has 2 atom stereocenters. The highest BCUT2D eigenvalue weighted by Crippen LogP contribution is 2.64. The van der Waals surface area contributed by atoms with Crippen LogP contribution in [0.1, 0.15) is 38.1 Å². The molecule has 5 rings (SSSR count). The molecule has 1 aliphatic carbocycles. The first-order valence-electron chi connectivity index (χ1n) is 9.63. The van der Waals surface area contributed by atoms with Crippen LogP contribution in [0.5, 0.6) is 0 Å². The molecule has 154 valence electrons. The van der Waals surface area contributed by atoms with Gasteiger partial charge in [-0.25, -0.2) is 4.98 Å². The monoisotopic (exact) mass is 460 g/mol. The van der Waals surface area contributed by atoms with Gasteiger partial charge in [0.25, 0.3) is 11.5 Å². The standard InChI is InChI=1S/C21H18Cl2N4O2S/c1-4-26-12-8-6-5-7-10(12)14(18(26)28)16-19(29)27-20(30-16)24-17(25-27)15-11(9-13(22)23)21(15,2)3/h5-9,11,15H,4H2,1-3H3/b16-14-. The molecule has 0 spiro atoms. The minimum absolute atomic E-state index is 0.0389. The number of thiazole rings is 1. The van der Waals surface area contributed by atoms with Crippen LogP contribution in [0.25, 0.3) is 10.5 Å². The van der Waals surface area contributed by atoms with E-state index in [1.807, 2.05) is 31.2 Å². The van der Waals surface area contributed by atoms with E-state index >= 15 is 0 Å². The zero-order valence-electron chi connectivity index (χ0n) is 16.5. The van der Waals surface area contributed by atoms with Gasteiger partial charge in [-0.05, 0) is 30.4 Å². The van der Waals surface area contributed by atoms with Gasteiger partial charge in [0, 0.05) is 18.0 Å². The van der Waals surface area contributed by atoms with Gasteiger partial charge >= 0.3 is 0 Å². The van der Waals surface area contributed by atoms with Gasteiger partial charge in [-0.1, -0.05) is 66.6 Å². The van der Waals surface area contributed by atoms with Crippen molar-refractivity contribution in [1.82, 2.24) is 14.6 Å². The fourth-order valence-corrected chi connectivity index (χ4v) is 5.74. The Hall–Kier alpha value is -2.22. The molecule has 0 N–H and O–H groups in total. The molecule has 0 radical (unpaired) electrons. The number of benzene rings is 1. The fraction of sp³-hybridized carbons (Fsp3) is 0.333. The lowest BCUT2D eigenvalue weighted by atomic mass is 10.1. The molecular formula is C21H18Cl2N4O2S. The normalized spacial score (nSPS) is 23.8. The van der Waals surface area contributed by atoms with E-state index in [0.717, 1.165) is 11.3 Å². The van der Waals surface area contributed by atoms with Crippen molar-refractivity contribution in [2.45, 2.75) is 26.7 Å². The van der Waals surface area contributed by atoms with Crippen LogP contribution < -0.4 is 15.0 Å². The van der Waals surface area contributed by atoms with E-state index in [1.54, 1.807) is 11.0 Å². The molecular weight excluding hydrogens is 443 g/mol. The summed E-state index contributed by atoms with van der Waals surface area (Å²) in [5.74, 6) is 0.594. The predicted octanol–water partition coefficient (Wildman–Crippen LogP) is 3.49.